The average Bonchev–Trinajstić information content (AvgIpc) is 2.98. The number of hydrogen-bond donors (Lipinski definition) is 3. The highest BCUT2D eigenvalue weighted by Gasteiger charge is 2.34. The van der Waals surface area contributed by atoms with Crippen LogP contribution < -0.4 is 5.32 Å². The molecule has 0 unspecified atom stereocenters. The lowest BCUT2D eigenvalue weighted by molar-refractivity contribution is -0.137. The van der Waals surface area contributed by atoms with Crippen LogP contribution in [0.2, 0.25) is 10.0 Å². The van der Waals surface area contributed by atoms with Gasteiger partial charge in [-0.2, -0.15) is 0 Å². The molecule has 0 saturated carbocycles. The molecule has 31 heavy (non-hydrogen) atoms. The predicted molar refractivity (Wildman–Crippen MR) is 114 cm³/mol. The van der Waals surface area contributed by atoms with Gasteiger partial charge in [-0.25, -0.2) is 0 Å². The smallest absolute Gasteiger partial charge is 0.305 e. The van der Waals surface area contributed by atoms with Gasteiger partial charge in [0.1, 0.15) is 0 Å². The summed E-state index contributed by atoms with van der Waals surface area (Å²) in [4.78, 5) is 49.7. The molecule has 0 aromatic heterocycles. The summed E-state index contributed by atoms with van der Waals surface area (Å²) < 4.78 is 0. The average molecular weight is 472 g/mol. The van der Waals surface area contributed by atoms with Gasteiger partial charge in [-0.1, -0.05) is 29.3 Å². The van der Waals surface area contributed by atoms with Crippen molar-refractivity contribution >= 4 is 46.9 Å². The van der Waals surface area contributed by atoms with Crippen molar-refractivity contribution in [3.8, 4) is 0 Å². The second kappa shape index (κ2) is 11.0. The van der Waals surface area contributed by atoms with Gasteiger partial charge in [-0.3, -0.25) is 19.2 Å². The SMILES string of the molecule is CN(Cc1ccc(Cl)c(Cl)c1)C(=O)C1=C(O)C(=O)N(CCCC(=O)NCCC(=O)O)C1. The molecule has 3 amide bonds. The van der Waals surface area contributed by atoms with E-state index in [1.807, 2.05) is 0 Å². The van der Waals surface area contributed by atoms with E-state index in [1.165, 1.54) is 9.80 Å². The van der Waals surface area contributed by atoms with E-state index >= 15 is 0 Å². The minimum absolute atomic E-state index is 0.0153. The van der Waals surface area contributed by atoms with E-state index in [0.717, 1.165) is 5.56 Å². The second-order valence-corrected chi connectivity index (χ2v) is 7.88. The molecular weight excluding hydrogens is 449 g/mol. The van der Waals surface area contributed by atoms with E-state index in [1.54, 1.807) is 25.2 Å². The van der Waals surface area contributed by atoms with Gasteiger partial charge in [0.15, 0.2) is 5.76 Å². The molecule has 0 radical (unpaired) electrons. The van der Waals surface area contributed by atoms with Gasteiger partial charge in [0, 0.05) is 33.1 Å². The summed E-state index contributed by atoms with van der Waals surface area (Å²) in [6, 6.07) is 4.97. The molecule has 0 atom stereocenters. The molecule has 1 aromatic carbocycles. The number of rotatable bonds is 10. The topological polar surface area (TPSA) is 127 Å². The first-order valence-electron chi connectivity index (χ1n) is 9.49. The number of nitrogens with one attached hydrogen (secondary N) is 1. The number of carboxylic acid groups (broad SMARTS) is 1. The largest absolute Gasteiger partial charge is 0.503 e. The van der Waals surface area contributed by atoms with Crippen molar-refractivity contribution in [1.82, 2.24) is 15.1 Å². The summed E-state index contributed by atoms with van der Waals surface area (Å²) in [6.45, 7) is 0.346. The molecular formula is C20H23Cl2N3O6. The van der Waals surface area contributed by atoms with Crippen LogP contribution in [0.25, 0.3) is 0 Å². The Balaban J connectivity index is 1.86. The zero-order valence-corrected chi connectivity index (χ0v) is 18.4. The van der Waals surface area contributed by atoms with Crippen molar-refractivity contribution < 1.29 is 29.4 Å². The summed E-state index contributed by atoms with van der Waals surface area (Å²) in [5.74, 6) is -3.10. The molecule has 0 fully saturated rings. The summed E-state index contributed by atoms with van der Waals surface area (Å²) in [6.07, 6.45) is 0.221. The second-order valence-electron chi connectivity index (χ2n) is 7.06. The maximum Gasteiger partial charge on any atom is 0.305 e. The van der Waals surface area contributed by atoms with Crippen molar-refractivity contribution in [2.75, 3.05) is 26.7 Å². The summed E-state index contributed by atoms with van der Waals surface area (Å²) in [5.41, 5.74) is 0.721. The molecule has 1 aliphatic heterocycles. The Hall–Kier alpha value is -2.78. The highest BCUT2D eigenvalue weighted by Crippen LogP contribution is 2.24. The number of aliphatic carboxylic acids is 1. The molecule has 0 aliphatic carbocycles. The van der Waals surface area contributed by atoms with E-state index < -0.39 is 23.5 Å². The number of nitrogens with zero attached hydrogens (tertiary/aromatic N) is 2. The summed E-state index contributed by atoms with van der Waals surface area (Å²) in [5, 5.41) is 21.9. The molecule has 1 heterocycles. The van der Waals surface area contributed by atoms with Crippen LogP contribution in [0.1, 0.15) is 24.8 Å². The van der Waals surface area contributed by atoms with Gasteiger partial charge < -0.3 is 25.3 Å². The number of halogens is 2. The van der Waals surface area contributed by atoms with E-state index in [0.29, 0.717) is 16.5 Å². The number of aliphatic hydroxyl groups is 1. The van der Waals surface area contributed by atoms with Crippen molar-refractivity contribution in [1.29, 1.82) is 0 Å². The third-order valence-corrected chi connectivity index (χ3v) is 5.37. The summed E-state index contributed by atoms with van der Waals surface area (Å²) in [7, 11) is 1.54. The number of hydrogen-bond acceptors (Lipinski definition) is 5. The number of carbonyl (C=O) groups excluding carboxylic acids is 3. The first kappa shape index (κ1) is 24.5. The van der Waals surface area contributed by atoms with Gasteiger partial charge in [0.05, 0.1) is 28.6 Å². The summed E-state index contributed by atoms with van der Waals surface area (Å²) >= 11 is 11.9. The third-order valence-electron chi connectivity index (χ3n) is 4.63. The Morgan fingerprint density at radius 1 is 1.19 bits per heavy atom. The Kier molecular flexibility index (Phi) is 8.70. The first-order chi connectivity index (χ1) is 14.6. The van der Waals surface area contributed by atoms with Crippen LogP contribution in [0.4, 0.5) is 0 Å². The molecule has 11 heteroatoms. The van der Waals surface area contributed by atoms with Gasteiger partial charge in [-0.05, 0) is 24.1 Å². The van der Waals surface area contributed by atoms with Crippen LogP contribution in [0, 0.1) is 0 Å². The van der Waals surface area contributed by atoms with E-state index in [4.69, 9.17) is 28.3 Å². The number of likely N-dealkylation sites (N-methyl/N-ethyl adjacent to an activating group) is 1. The Morgan fingerprint density at radius 3 is 2.55 bits per heavy atom. The quantitative estimate of drug-likeness (QED) is 0.478. The molecule has 168 valence electrons. The van der Waals surface area contributed by atoms with Crippen molar-refractivity contribution in [2.24, 2.45) is 0 Å². The van der Waals surface area contributed by atoms with E-state index in [2.05, 4.69) is 5.32 Å². The molecule has 0 spiro atoms. The lowest BCUT2D eigenvalue weighted by Crippen LogP contribution is -2.32. The monoisotopic (exact) mass is 471 g/mol. The molecule has 9 nitrogen and oxygen atoms in total. The molecule has 0 bridgehead atoms. The lowest BCUT2D eigenvalue weighted by Gasteiger charge is -2.19. The molecule has 1 aromatic rings. The zero-order chi connectivity index (χ0) is 23.1. The normalized spacial score (nSPS) is 13.5. The van der Waals surface area contributed by atoms with Crippen LogP contribution >= 0.6 is 23.2 Å². The lowest BCUT2D eigenvalue weighted by atomic mass is 10.2. The maximum atomic E-state index is 12.7. The Labute approximate surface area is 189 Å². The Bertz CT molecular complexity index is 918. The van der Waals surface area contributed by atoms with Gasteiger partial charge in [0.25, 0.3) is 11.8 Å². The van der Waals surface area contributed by atoms with Crippen LogP contribution in [-0.2, 0) is 25.7 Å². The van der Waals surface area contributed by atoms with E-state index in [9.17, 15) is 24.3 Å². The van der Waals surface area contributed by atoms with Gasteiger partial charge in [-0.15, -0.1) is 0 Å². The maximum absolute atomic E-state index is 12.7. The van der Waals surface area contributed by atoms with Crippen LogP contribution in [0.15, 0.2) is 29.5 Å². The molecule has 0 saturated heterocycles. The van der Waals surface area contributed by atoms with Crippen molar-refractivity contribution in [2.45, 2.75) is 25.8 Å². The predicted octanol–water partition coefficient (Wildman–Crippen LogP) is 1.98. The highest BCUT2D eigenvalue weighted by molar-refractivity contribution is 6.42. The van der Waals surface area contributed by atoms with Gasteiger partial charge >= 0.3 is 5.97 Å². The number of amides is 3. The fourth-order valence-electron chi connectivity index (χ4n) is 3.01. The minimum Gasteiger partial charge on any atom is -0.503 e. The fraction of sp³-hybridized carbons (Fsp3) is 0.400. The van der Waals surface area contributed by atoms with E-state index in [-0.39, 0.29) is 50.5 Å². The zero-order valence-electron chi connectivity index (χ0n) is 16.9. The van der Waals surface area contributed by atoms with Crippen LogP contribution in [-0.4, -0.2) is 70.4 Å². The van der Waals surface area contributed by atoms with Crippen molar-refractivity contribution in [3.63, 3.8) is 0 Å². The number of benzene rings is 1. The fourth-order valence-corrected chi connectivity index (χ4v) is 3.33. The molecule has 3 N–H and O–H groups in total. The molecule has 2 rings (SSSR count). The third kappa shape index (κ3) is 6.86. The number of aliphatic hydroxyl groups excluding tert-OH is 1. The van der Waals surface area contributed by atoms with Gasteiger partial charge in [0.2, 0.25) is 5.91 Å². The van der Waals surface area contributed by atoms with Crippen LogP contribution in [0.3, 0.4) is 0 Å². The Morgan fingerprint density at radius 2 is 1.90 bits per heavy atom. The molecule has 1 aliphatic rings. The minimum atomic E-state index is -1.01. The number of carbonyl (C=O) groups is 4. The van der Waals surface area contributed by atoms with Crippen molar-refractivity contribution in [3.05, 3.63) is 45.1 Å². The standard InChI is InChI=1S/C20H23Cl2N3O6/c1-24(10-12-4-5-14(21)15(22)9-12)19(30)13-11-25(20(31)18(13)29)8-2-3-16(26)23-7-6-17(27)28/h4-5,9,29H,2-3,6-8,10-11H2,1H3,(H,23,26)(H,27,28). The van der Waals surface area contributed by atoms with Crippen LogP contribution in [0.5, 0.6) is 0 Å². The first-order valence-corrected chi connectivity index (χ1v) is 10.2. The number of carboxylic acids is 1. The highest BCUT2D eigenvalue weighted by atomic mass is 35.5.